The number of imidazole rings is 1. The lowest BCUT2D eigenvalue weighted by molar-refractivity contribution is 0.343. The van der Waals surface area contributed by atoms with Gasteiger partial charge in [0.05, 0.1) is 12.1 Å². The molecule has 0 amide bonds. The van der Waals surface area contributed by atoms with E-state index in [1.807, 2.05) is 30.8 Å². The lowest BCUT2D eigenvalue weighted by Gasteiger charge is -2.17. The van der Waals surface area contributed by atoms with E-state index in [1.165, 1.54) is 0 Å². The summed E-state index contributed by atoms with van der Waals surface area (Å²) in [5, 5.41) is 0. The zero-order chi connectivity index (χ0) is 15.2. The maximum Gasteiger partial charge on any atom is 0.147 e. The van der Waals surface area contributed by atoms with Gasteiger partial charge < -0.3 is 9.30 Å². The summed E-state index contributed by atoms with van der Waals surface area (Å²) in [6, 6.07) is 6.54. The summed E-state index contributed by atoms with van der Waals surface area (Å²) in [6.07, 6.45) is 0.781. The normalized spacial score (nSPS) is 12.8. The summed E-state index contributed by atoms with van der Waals surface area (Å²) >= 11 is 7.91. The number of para-hydroxylation sites is 1. The molecule has 0 N–H and O–H groups in total. The Kier molecular flexibility index (Phi) is 6.24. The molecule has 3 nitrogen and oxygen atoms in total. The van der Waals surface area contributed by atoms with Gasteiger partial charge in [-0.05, 0) is 31.7 Å². The van der Waals surface area contributed by atoms with Crippen LogP contribution in [0.3, 0.4) is 0 Å². The van der Waals surface area contributed by atoms with Crippen LogP contribution in [0.1, 0.15) is 32.6 Å². The fourth-order valence-electron chi connectivity index (χ4n) is 2.53. The Morgan fingerprint density at radius 2 is 2.19 bits per heavy atom. The molecule has 116 valence electrons. The first-order chi connectivity index (χ1) is 10.2. The van der Waals surface area contributed by atoms with Crippen LogP contribution in [0.2, 0.25) is 0 Å². The molecule has 0 saturated heterocycles. The Labute approximate surface area is 136 Å². The van der Waals surface area contributed by atoms with Crippen LogP contribution in [-0.4, -0.2) is 33.5 Å². The van der Waals surface area contributed by atoms with Crippen LogP contribution in [0.25, 0.3) is 11.0 Å². The molecule has 0 aliphatic heterocycles. The number of alkyl halides is 1. The molecule has 0 radical (unpaired) electrons. The first kappa shape index (κ1) is 16.5. The largest absolute Gasteiger partial charge is 0.492 e. The molecular weight excluding hydrogens is 304 g/mol. The third-order valence-electron chi connectivity index (χ3n) is 3.38. The number of rotatable bonds is 8. The molecule has 1 heterocycles. The Morgan fingerprint density at radius 1 is 1.38 bits per heavy atom. The second kappa shape index (κ2) is 7.95. The highest BCUT2D eigenvalue weighted by Gasteiger charge is 2.17. The van der Waals surface area contributed by atoms with Crippen molar-refractivity contribution in [2.45, 2.75) is 33.2 Å². The fraction of sp³-hybridized carbons (Fsp3) is 0.562. The molecule has 0 spiro atoms. The number of halogens is 1. The maximum atomic E-state index is 5.96. The number of ether oxygens (including phenoxy) is 1. The molecule has 0 fully saturated rings. The monoisotopic (exact) mass is 326 g/mol. The van der Waals surface area contributed by atoms with Crippen LogP contribution in [0, 0.1) is 0 Å². The van der Waals surface area contributed by atoms with Gasteiger partial charge in [0, 0.05) is 24.1 Å². The highest BCUT2D eigenvalue weighted by atomic mass is 35.5. The Morgan fingerprint density at radius 3 is 2.86 bits per heavy atom. The smallest absolute Gasteiger partial charge is 0.147 e. The van der Waals surface area contributed by atoms with Crippen LogP contribution in [0.4, 0.5) is 0 Å². The van der Waals surface area contributed by atoms with Gasteiger partial charge in [0.2, 0.25) is 0 Å². The predicted octanol–water partition coefficient (Wildman–Crippen LogP) is 4.53. The van der Waals surface area contributed by atoms with Gasteiger partial charge in [-0.2, -0.15) is 11.8 Å². The minimum Gasteiger partial charge on any atom is -0.492 e. The van der Waals surface area contributed by atoms with Crippen molar-refractivity contribution in [1.29, 1.82) is 0 Å². The average Bonchev–Trinajstić information content (AvgIpc) is 2.85. The number of fused-ring (bicyclic) bond motifs is 1. The summed E-state index contributed by atoms with van der Waals surface area (Å²) in [5.41, 5.74) is 2.10. The van der Waals surface area contributed by atoms with Crippen molar-refractivity contribution in [3.05, 3.63) is 24.0 Å². The molecule has 0 saturated carbocycles. The van der Waals surface area contributed by atoms with E-state index in [2.05, 4.69) is 24.5 Å². The first-order valence-electron chi connectivity index (χ1n) is 7.49. The van der Waals surface area contributed by atoms with Crippen molar-refractivity contribution in [3.63, 3.8) is 0 Å². The molecule has 5 heteroatoms. The zero-order valence-electron chi connectivity index (χ0n) is 12.9. The summed E-state index contributed by atoms with van der Waals surface area (Å²) in [6.45, 7) is 7.08. The average molecular weight is 327 g/mol. The lowest BCUT2D eigenvalue weighted by Crippen LogP contribution is -2.12. The van der Waals surface area contributed by atoms with Crippen LogP contribution in [0.15, 0.2) is 18.2 Å². The highest BCUT2D eigenvalue weighted by Crippen LogP contribution is 2.30. The molecular formula is C16H23ClN2OS. The summed E-state index contributed by atoms with van der Waals surface area (Å²) in [4.78, 5) is 4.79. The van der Waals surface area contributed by atoms with Gasteiger partial charge in [-0.3, -0.25) is 0 Å². The second-order valence-electron chi connectivity index (χ2n) is 4.90. The summed E-state index contributed by atoms with van der Waals surface area (Å²) in [5.74, 6) is 4.71. The van der Waals surface area contributed by atoms with E-state index in [0.29, 0.717) is 18.5 Å². The molecule has 0 bridgehead atoms. The van der Waals surface area contributed by atoms with Gasteiger partial charge >= 0.3 is 0 Å². The Bertz CT molecular complexity index is 585. The Hall–Kier alpha value is -0.870. The molecule has 1 aromatic heterocycles. The van der Waals surface area contributed by atoms with Crippen LogP contribution in [0.5, 0.6) is 5.75 Å². The second-order valence-corrected chi connectivity index (χ2v) is 6.60. The van der Waals surface area contributed by atoms with Crippen LogP contribution >= 0.6 is 23.4 Å². The minimum absolute atomic E-state index is 0.398. The number of hydrogen-bond donors (Lipinski definition) is 0. The number of nitrogens with zero attached hydrogens (tertiary/aromatic N) is 2. The Balaban J connectivity index is 2.49. The van der Waals surface area contributed by atoms with E-state index < -0.39 is 0 Å². The fourth-order valence-corrected chi connectivity index (χ4v) is 3.42. The third kappa shape index (κ3) is 3.67. The van der Waals surface area contributed by atoms with E-state index in [-0.39, 0.29) is 0 Å². The van der Waals surface area contributed by atoms with E-state index in [9.17, 15) is 0 Å². The number of hydrogen-bond acceptors (Lipinski definition) is 3. The number of benzene rings is 1. The third-order valence-corrected chi connectivity index (χ3v) is 4.69. The molecule has 1 aromatic carbocycles. The number of thioether (sulfide) groups is 1. The van der Waals surface area contributed by atoms with Gasteiger partial charge in [0.15, 0.2) is 0 Å². The van der Waals surface area contributed by atoms with Crippen molar-refractivity contribution in [2.75, 3.05) is 24.0 Å². The quantitative estimate of drug-likeness (QED) is 0.667. The van der Waals surface area contributed by atoms with E-state index in [4.69, 9.17) is 21.3 Å². The number of aryl methyl sites for hydroxylation is 1. The summed E-state index contributed by atoms with van der Waals surface area (Å²) < 4.78 is 8.03. The van der Waals surface area contributed by atoms with Crippen molar-refractivity contribution in [1.82, 2.24) is 9.55 Å². The molecule has 2 aromatic rings. The van der Waals surface area contributed by atoms with Crippen molar-refractivity contribution in [3.8, 4) is 5.75 Å². The number of aromatic nitrogens is 2. The van der Waals surface area contributed by atoms with Gasteiger partial charge in [0.1, 0.15) is 17.1 Å². The molecule has 2 rings (SSSR count). The lowest BCUT2D eigenvalue weighted by atomic mass is 10.2. The van der Waals surface area contributed by atoms with E-state index in [1.54, 1.807) is 0 Å². The van der Waals surface area contributed by atoms with Crippen LogP contribution < -0.4 is 4.74 Å². The van der Waals surface area contributed by atoms with Crippen LogP contribution in [-0.2, 0) is 6.42 Å². The molecule has 0 aliphatic rings. The molecule has 0 aliphatic carbocycles. The van der Waals surface area contributed by atoms with Crippen molar-refractivity contribution >= 4 is 34.4 Å². The van der Waals surface area contributed by atoms with Crippen molar-refractivity contribution < 1.29 is 4.74 Å². The molecule has 1 atom stereocenters. The zero-order valence-corrected chi connectivity index (χ0v) is 14.5. The van der Waals surface area contributed by atoms with E-state index >= 15 is 0 Å². The molecule has 1 unspecified atom stereocenters. The molecule has 21 heavy (non-hydrogen) atoms. The van der Waals surface area contributed by atoms with Gasteiger partial charge in [-0.1, -0.05) is 13.0 Å². The van der Waals surface area contributed by atoms with Gasteiger partial charge in [0.25, 0.3) is 0 Å². The highest BCUT2D eigenvalue weighted by molar-refractivity contribution is 7.99. The van der Waals surface area contributed by atoms with E-state index in [0.717, 1.165) is 40.5 Å². The van der Waals surface area contributed by atoms with Gasteiger partial charge in [-0.15, -0.1) is 11.6 Å². The van der Waals surface area contributed by atoms with Gasteiger partial charge in [-0.25, -0.2) is 4.98 Å². The topological polar surface area (TPSA) is 27.1 Å². The standard InChI is InChI=1S/C16H23ClN2OS/c1-4-20-14-8-6-7-13-16(14)18-15(9-10-17)19(13)12(3)11-21-5-2/h6-8,12H,4-5,9-11H2,1-3H3. The van der Waals surface area contributed by atoms with Crippen molar-refractivity contribution in [2.24, 2.45) is 0 Å². The maximum absolute atomic E-state index is 5.96. The SMILES string of the molecule is CCOc1cccc2c1nc(CCCl)n2C(C)CSCC. The summed E-state index contributed by atoms with van der Waals surface area (Å²) in [7, 11) is 0. The minimum atomic E-state index is 0.398. The first-order valence-corrected chi connectivity index (χ1v) is 9.18. The predicted molar refractivity (Wildman–Crippen MR) is 93.0 cm³/mol.